The van der Waals surface area contributed by atoms with Gasteiger partial charge in [-0.3, -0.25) is 0 Å². The van der Waals surface area contributed by atoms with Crippen molar-refractivity contribution in [2.45, 2.75) is 54.5 Å². The molecular formula is C22H30F3N3O5S3. The lowest BCUT2D eigenvalue weighted by atomic mass is 9.95. The van der Waals surface area contributed by atoms with E-state index in [0.29, 0.717) is 19.0 Å². The Balaban J connectivity index is 1.89. The smallest absolute Gasteiger partial charge is 0.376 e. The molecule has 202 valence electrons. The Hall–Kier alpha value is -1.71. The summed E-state index contributed by atoms with van der Waals surface area (Å²) < 4.78 is 95.0. The minimum absolute atomic E-state index is 0.0225. The fraction of sp³-hybridized carbons (Fsp3) is 0.545. The van der Waals surface area contributed by atoms with Gasteiger partial charge in [-0.25, -0.2) is 21.6 Å². The molecule has 0 spiro atoms. The molecule has 3 atom stereocenters. The van der Waals surface area contributed by atoms with Gasteiger partial charge in [0, 0.05) is 31.9 Å². The van der Waals surface area contributed by atoms with Gasteiger partial charge < -0.3 is 10.0 Å². The number of hydrogen-bond acceptors (Lipinski definition) is 7. The van der Waals surface area contributed by atoms with Crippen LogP contribution in [-0.4, -0.2) is 69.9 Å². The van der Waals surface area contributed by atoms with E-state index in [1.54, 1.807) is 30.2 Å². The quantitative estimate of drug-likeness (QED) is 0.481. The molecule has 1 aromatic carbocycles. The van der Waals surface area contributed by atoms with E-state index in [4.69, 9.17) is 0 Å². The van der Waals surface area contributed by atoms with Crippen molar-refractivity contribution in [1.82, 2.24) is 9.03 Å². The second-order valence-corrected chi connectivity index (χ2v) is 14.2. The number of nitrogens with one attached hydrogen (secondary N) is 1. The zero-order chi connectivity index (χ0) is 26.9. The number of nitrogens with zero attached hydrogens (tertiary/aromatic N) is 2. The zero-order valence-corrected chi connectivity index (χ0v) is 22.5. The third-order valence-corrected chi connectivity index (χ3v) is 11.7. The molecule has 1 aliphatic heterocycles. The van der Waals surface area contributed by atoms with Crippen molar-refractivity contribution in [1.29, 1.82) is 0 Å². The third kappa shape index (κ3) is 5.89. The van der Waals surface area contributed by atoms with Crippen LogP contribution in [0.4, 0.5) is 18.9 Å². The molecule has 1 saturated heterocycles. The molecule has 1 unspecified atom stereocenters. The number of piperazine rings is 1. The van der Waals surface area contributed by atoms with Crippen LogP contribution in [0.3, 0.4) is 0 Å². The Morgan fingerprint density at radius 3 is 2.31 bits per heavy atom. The number of aliphatic hydroxyl groups is 1. The highest BCUT2D eigenvalue weighted by Crippen LogP contribution is 2.39. The molecule has 0 amide bonds. The molecule has 2 heterocycles. The molecule has 2 aromatic rings. The molecule has 2 N–H and O–H groups in total. The van der Waals surface area contributed by atoms with Crippen molar-refractivity contribution in [3.63, 3.8) is 0 Å². The Morgan fingerprint density at radius 2 is 1.78 bits per heavy atom. The molecule has 8 nitrogen and oxygen atoms in total. The molecule has 1 fully saturated rings. The summed E-state index contributed by atoms with van der Waals surface area (Å²) in [5.41, 5.74) is -2.89. The highest BCUT2D eigenvalue weighted by molar-refractivity contribution is 7.91. The summed E-state index contributed by atoms with van der Waals surface area (Å²) in [4.78, 5) is 1.77. The predicted octanol–water partition coefficient (Wildman–Crippen LogP) is 3.12. The summed E-state index contributed by atoms with van der Waals surface area (Å²) in [5, 5.41) is 11.0. The minimum atomic E-state index is -4.87. The van der Waals surface area contributed by atoms with Crippen molar-refractivity contribution >= 4 is 37.1 Å². The van der Waals surface area contributed by atoms with E-state index < -0.39 is 43.1 Å². The van der Waals surface area contributed by atoms with Crippen LogP contribution >= 0.6 is 11.3 Å². The lowest BCUT2D eigenvalue weighted by Gasteiger charge is -2.42. The average Bonchev–Trinajstić information content (AvgIpc) is 3.37. The standard InChI is InChI=1S/C22H30F3N3O5S3/c1-4-16(2)35(30,31)26-14-19-15-27(36(32,33)20-6-5-13-34-20)11-12-28(19)18-9-7-17(8-10-18)21(3,29)22(23,24)25/h5-10,13,16,19,26,29H,4,11-12,14-15H2,1-3H3/t16?,19-,21+/m0/s1. The van der Waals surface area contributed by atoms with Gasteiger partial charge in [-0.2, -0.15) is 17.5 Å². The van der Waals surface area contributed by atoms with E-state index in [0.717, 1.165) is 23.5 Å². The molecule has 3 rings (SSSR count). The van der Waals surface area contributed by atoms with Crippen LogP contribution in [0.2, 0.25) is 0 Å². The van der Waals surface area contributed by atoms with Crippen molar-refractivity contribution in [2.75, 3.05) is 31.1 Å². The number of thiophene rings is 1. The lowest BCUT2D eigenvalue weighted by molar-refractivity contribution is -0.258. The van der Waals surface area contributed by atoms with E-state index >= 15 is 0 Å². The third-order valence-electron chi connectivity index (χ3n) is 6.47. The van der Waals surface area contributed by atoms with Crippen molar-refractivity contribution in [3.05, 3.63) is 47.3 Å². The van der Waals surface area contributed by atoms with Crippen molar-refractivity contribution in [3.8, 4) is 0 Å². The van der Waals surface area contributed by atoms with Gasteiger partial charge in [0.05, 0.1) is 11.3 Å². The van der Waals surface area contributed by atoms with Crippen molar-refractivity contribution in [2.24, 2.45) is 0 Å². The Kier molecular flexibility index (Phi) is 8.48. The summed E-state index contributed by atoms with van der Waals surface area (Å²) in [7, 11) is -7.44. The van der Waals surface area contributed by atoms with Crippen molar-refractivity contribution < 1.29 is 35.1 Å². The Morgan fingerprint density at radius 1 is 1.14 bits per heavy atom. The summed E-state index contributed by atoms with van der Waals surface area (Å²) in [6.45, 7) is 4.16. The van der Waals surface area contributed by atoms with Gasteiger partial charge >= 0.3 is 6.18 Å². The Labute approximate surface area is 213 Å². The van der Waals surface area contributed by atoms with Gasteiger partial charge in [0.15, 0.2) is 5.60 Å². The minimum Gasteiger partial charge on any atom is -0.376 e. The number of anilines is 1. The summed E-state index contributed by atoms with van der Waals surface area (Å²) in [6, 6.07) is 7.66. The second kappa shape index (κ2) is 10.6. The second-order valence-electron chi connectivity index (χ2n) is 8.87. The number of hydrogen-bond donors (Lipinski definition) is 2. The van der Waals surface area contributed by atoms with Gasteiger partial charge in [0.1, 0.15) is 4.21 Å². The lowest BCUT2D eigenvalue weighted by Crippen LogP contribution is -2.58. The number of benzene rings is 1. The highest BCUT2D eigenvalue weighted by Gasteiger charge is 2.51. The van der Waals surface area contributed by atoms with Gasteiger partial charge in [-0.15, -0.1) is 11.3 Å². The SMILES string of the molecule is CCC(C)S(=O)(=O)NC[C@H]1CN(S(=O)(=O)c2cccs2)CCN1c1ccc([C@@](C)(O)C(F)(F)F)cc1. The van der Waals surface area contributed by atoms with Crippen LogP contribution in [0.25, 0.3) is 0 Å². The molecule has 1 aliphatic rings. The molecule has 1 aromatic heterocycles. The number of alkyl halides is 3. The zero-order valence-electron chi connectivity index (χ0n) is 20.1. The predicted molar refractivity (Wildman–Crippen MR) is 133 cm³/mol. The molecule has 0 bridgehead atoms. The normalized spacial score (nSPS) is 20.8. The topological polar surface area (TPSA) is 107 Å². The van der Waals surface area contributed by atoms with Gasteiger partial charge in [0.25, 0.3) is 10.0 Å². The number of rotatable bonds is 9. The van der Waals surface area contributed by atoms with Gasteiger partial charge in [-0.05, 0) is 49.4 Å². The van der Waals surface area contributed by atoms with E-state index in [9.17, 15) is 35.1 Å². The number of halogens is 3. The van der Waals surface area contributed by atoms with Crippen LogP contribution in [0.1, 0.15) is 32.8 Å². The fourth-order valence-electron chi connectivity index (χ4n) is 3.81. The van der Waals surface area contributed by atoms with E-state index in [-0.39, 0.29) is 36.0 Å². The maximum absolute atomic E-state index is 13.2. The molecule has 14 heteroatoms. The maximum Gasteiger partial charge on any atom is 0.421 e. The molecular weight excluding hydrogens is 539 g/mol. The number of sulfonamides is 2. The monoisotopic (exact) mass is 569 g/mol. The summed E-state index contributed by atoms with van der Waals surface area (Å²) in [6.07, 6.45) is -4.48. The summed E-state index contributed by atoms with van der Waals surface area (Å²) in [5.74, 6) is 0. The van der Waals surface area contributed by atoms with E-state index in [1.807, 2.05) is 0 Å². The molecule has 0 aliphatic carbocycles. The summed E-state index contributed by atoms with van der Waals surface area (Å²) >= 11 is 1.08. The highest BCUT2D eigenvalue weighted by atomic mass is 32.2. The van der Waals surface area contributed by atoms with E-state index in [2.05, 4.69) is 4.72 Å². The first-order valence-corrected chi connectivity index (χ1v) is 15.2. The van der Waals surface area contributed by atoms with E-state index in [1.165, 1.54) is 22.5 Å². The van der Waals surface area contributed by atoms with Crippen LogP contribution in [0, 0.1) is 0 Å². The average molecular weight is 570 g/mol. The first-order chi connectivity index (χ1) is 16.6. The Bertz CT molecular complexity index is 1230. The largest absolute Gasteiger partial charge is 0.421 e. The van der Waals surface area contributed by atoms with Gasteiger partial charge in [-0.1, -0.05) is 25.1 Å². The fourth-order valence-corrected chi connectivity index (χ4v) is 7.57. The maximum atomic E-state index is 13.2. The van der Waals surface area contributed by atoms with Crippen LogP contribution in [-0.2, 0) is 25.6 Å². The molecule has 0 saturated carbocycles. The van der Waals surface area contributed by atoms with Crippen LogP contribution < -0.4 is 9.62 Å². The molecule has 0 radical (unpaired) electrons. The van der Waals surface area contributed by atoms with Gasteiger partial charge in [0.2, 0.25) is 10.0 Å². The first-order valence-electron chi connectivity index (χ1n) is 11.3. The van der Waals surface area contributed by atoms with Crippen LogP contribution in [0.15, 0.2) is 46.0 Å². The van der Waals surface area contributed by atoms with Crippen LogP contribution in [0.5, 0.6) is 0 Å². The molecule has 36 heavy (non-hydrogen) atoms. The first kappa shape index (κ1) is 28.9.